The normalized spacial score (nSPS) is 13.6. The third-order valence-corrected chi connectivity index (χ3v) is 11.8. The topological polar surface area (TPSA) is 25.3 Å². The summed E-state index contributed by atoms with van der Waals surface area (Å²) in [5.74, 6) is 15.3. The summed E-state index contributed by atoms with van der Waals surface area (Å²) < 4.78 is 1.57. The average Bonchev–Trinajstić information content (AvgIpc) is 3.54. The maximum Gasteiger partial charge on any atom is 0.211 e. The molecule has 1 aliphatic heterocycles. The van der Waals surface area contributed by atoms with Gasteiger partial charge >= 0.3 is 0 Å². The molecule has 0 radical (unpaired) electrons. The molecule has 2 aromatic carbocycles. The van der Waals surface area contributed by atoms with Crippen molar-refractivity contribution in [1.29, 1.82) is 0 Å². The molecule has 0 saturated carbocycles. The van der Waals surface area contributed by atoms with Crippen LogP contribution in [-0.2, 0) is 12.8 Å². The minimum Gasteiger partial charge on any atom is -0.493 e. The van der Waals surface area contributed by atoms with Gasteiger partial charge < -0.3 is 5.53 Å². The fourth-order valence-electron chi connectivity index (χ4n) is 8.20. The van der Waals surface area contributed by atoms with E-state index in [0.29, 0.717) is 11.8 Å². The van der Waals surface area contributed by atoms with E-state index in [-0.39, 0.29) is 0 Å². The van der Waals surface area contributed by atoms with Gasteiger partial charge in [-0.2, -0.15) is 0 Å². The van der Waals surface area contributed by atoms with Gasteiger partial charge in [0.25, 0.3) is 0 Å². The second kappa shape index (κ2) is 29.8. The molecule has 2 unspecified atom stereocenters. The quantitative estimate of drug-likeness (QED) is 0.0449. The lowest BCUT2D eigenvalue weighted by molar-refractivity contribution is -0.344. The van der Waals surface area contributed by atoms with Crippen molar-refractivity contribution in [3.8, 4) is 23.7 Å². The maximum atomic E-state index is 12.3. The van der Waals surface area contributed by atoms with E-state index in [4.69, 9.17) is 0 Å². The van der Waals surface area contributed by atoms with E-state index in [0.717, 1.165) is 75.6 Å². The summed E-state index contributed by atoms with van der Waals surface area (Å²) >= 11 is 0. The monoisotopic (exact) mass is 757 g/mol. The molecule has 2 atom stereocenters. The highest BCUT2D eigenvalue weighted by atomic mass is 15.2. The Morgan fingerprint density at radius 2 is 0.946 bits per heavy atom. The maximum absolute atomic E-state index is 12.3. The lowest BCUT2D eigenvalue weighted by Gasteiger charge is -2.18. The molecule has 2 nitrogen and oxygen atoms in total. The molecular formula is C54H80N2. The van der Waals surface area contributed by atoms with Gasteiger partial charge in [-0.15, -0.1) is 23.7 Å². The smallest absolute Gasteiger partial charge is 0.211 e. The highest BCUT2D eigenvalue weighted by Gasteiger charge is 2.31. The van der Waals surface area contributed by atoms with Crippen molar-refractivity contribution in [3.63, 3.8) is 0 Å². The Morgan fingerprint density at radius 3 is 1.46 bits per heavy atom. The standard InChI is InChI=1S/C54H80N2/c1-6-11-16-21-25-34-46(32-23-18-13-8-3)41-43-48-36-28-30-39-51(48)53-45-50(38-27-20-15-10-5)54(56(53)55)52-40-31-29-37-49(52)44-42-47(33-24-19-14-9-4)35-26-22-17-12-7-2/h28-31,36-37,39-40,45-47H,6-20,23-24,27,32-35,38,41-44H2,1-5H3. The summed E-state index contributed by atoms with van der Waals surface area (Å²) in [7, 11) is 0. The molecule has 1 heterocycles. The number of hydrogen-bond donors (Lipinski definition) is 0. The van der Waals surface area contributed by atoms with Crippen molar-refractivity contribution in [2.24, 2.45) is 11.8 Å². The first-order valence-electron chi connectivity index (χ1n) is 23.6. The number of benzene rings is 2. The Hall–Kier alpha value is -3.36. The van der Waals surface area contributed by atoms with Crippen LogP contribution >= 0.6 is 0 Å². The molecule has 2 heteroatoms. The van der Waals surface area contributed by atoms with Crippen molar-refractivity contribution < 1.29 is 4.70 Å². The summed E-state index contributed by atoms with van der Waals surface area (Å²) in [4.78, 5) is 0. The van der Waals surface area contributed by atoms with Crippen LogP contribution in [0.5, 0.6) is 0 Å². The van der Waals surface area contributed by atoms with E-state index in [2.05, 4.69) is 113 Å². The van der Waals surface area contributed by atoms with Gasteiger partial charge in [-0.25, -0.2) is 4.70 Å². The second-order valence-electron chi connectivity index (χ2n) is 16.7. The third-order valence-electron chi connectivity index (χ3n) is 11.8. The fourth-order valence-corrected chi connectivity index (χ4v) is 8.20. The molecule has 0 spiro atoms. The van der Waals surface area contributed by atoms with Crippen LogP contribution in [0.4, 0.5) is 0 Å². The molecule has 0 saturated heterocycles. The van der Waals surface area contributed by atoms with Gasteiger partial charge in [0.1, 0.15) is 0 Å². The van der Waals surface area contributed by atoms with E-state index in [1.807, 2.05) is 0 Å². The number of rotatable bonds is 29. The predicted octanol–water partition coefficient (Wildman–Crippen LogP) is 16.7. The highest BCUT2D eigenvalue weighted by molar-refractivity contribution is 5.80. The molecule has 2 aromatic rings. The summed E-state index contributed by atoms with van der Waals surface area (Å²) in [6.07, 6.45) is 34.3. The van der Waals surface area contributed by atoms with Crippen molar-refractivity contribution in [2.75, 3.05) is 0 Å². The van der Waals surface area contributed by atoms with Crippen LogP contribution in [0, 0.1) is 35.5 Å². The Bertz CT molecular complexity index is 1580. The van der Waals surface area contributed by atoms with E-state index >= 15 is 0 Å². The lowest BCUT2D eigenvalue weighted by atomic mass is 9.89. The third kappa shape index (κ3) is 17.4. The largest absolute Gasteiger partial charge is 0.493 e. The van der Waals surface area contributed by atoms with Gasteiger partial charge in [-0.3, -0.25) is 0 Å². The van der Waals surface area contributed by atoms with Crippen LogP contribution in [0.25, 0.3) is 16.9 Å². The minimum absolute atomic E-state index is 0.615. The van der Waals surface area contributed by atoms with E-state index in [1.165, 1.54) is 137 Å². The Balaban J connectivity index is 1.87. The van der Waals surface area contributed by atoms with E-state index < -0.39 is 0 Å². The molecule has 3 rings (SSSR count). The molecule has 0 aliphatic carbocycles. The van der Waals surface area contributed by atoms with Gasteiger partial charge in [0.2, 0.25) is 11.4 Å². The predicted molar refractivity (Wildman–Crippen MR) is 245 cm³/mol. The molecule has 0 aromatic heterocycles. The van der Waals surface area contributed by atoms with Gasteiger partial charge in [-0.05, 0) is 99.3 Å². The number of nitrogens with zero attached hydrogens (tertiary/aromatic N) is 2. The summed E-state index contributed by atoms with van der Waals surface area (Å²) in [6, 6.07) is 17.8. The number of aryl methyl sites for hydroxylation is 2. The Labute approximate surface area is 346 Å². The van der Waals surface area contributed by atoms with Crippen molar-refractivity contribution in [2.45, 2.75) is 208 Å². The van der Waals surface area contributed by atoms with Gasteiger partial charge in [0.15, 0.2) is 0 Å². The number of allylic oxidation sites excluding steroid dienone is 2. The zero-order chi connectivity index (χ0) is 40.1. The van der Waals surface area contributed by atoms with Crippen molar-refractivity contribution in [3.05, 3.63) is 88.0 Å². The molecule has 56 heavy (non-hydrogen) atoms. The zero-order valence-electron chi connectivity index (χ0n) is 36.8. The molecule has 0 bridgehead atoms. The molecule has 1 aliphatic rings. The van der Waals surface area contributed by atoms with Crippen LogP contribution < -0.4 is 0 Å². The zero-order valence-corrected chi connectivity index (χ0v) is 36.8. The highest BCUT2D eigenvalue weighted by Crippen LogP contribution is 2.40. The first kappa shape index (κ1) is 47.0. The molecule has 0 amide bonds. The lowest BCUT2D eigenvalue weighted by Crippen LogP contribution is -2.09. The average molecular weight is 757 g/mol. The first-order chi connectivity index (χ1) is 27.6. The first-order valence-corrected chi connectivity index (χ1v) is 23.6. The fraction of sp³-hybridized carbons (Fsp3) is 0.630. The van der Waals surface area contributed by atoms with Crippen LogP contribution in [0.2, 0.25) is 0 Å². The molecule has 0 fully saturated rings. The number of unbranched alkanes of at least 4 members (excludes halogenated alkanes) is 13. The minimum atomic E-state index is 0.615. The van der Waals surface area contributed by atoms with E-state index in [9.17, 15) is 5.53 Å². The number of hydrogen-bond acceptors (Lipinski definition) is 0. The Kier molecular flexibility index (Phi) is 25.0. The van der Waals surface area contributed by atoms with E-state index in [1.54, 1.807) is 4.70 Å². The van der Waals surface area contributed by atoms with Crippen LogP contribution in [0.3, 0.4) is 0 Å². The molecule has 306 valence electrons. The Morgan fingerprint density at radius 1 is 0.482 bits per heavy atom. The van der Waals surface area contributed by atoms with Crippen LogP contribution in [0.15, 0.2) is 60.2 Å². The second-order valence-corrected chi connectivity index (χ2v) is 16.7. The molecule has 0 N–H and O–H groups in total. The van der Waals surface area contributed by atoms with Gasteiger partial charge in [0.05, 0.1) is 0 Å². The summed E-state index contributed by atoms with van der Waals surface area (Å²) in [5.41, 5.74) is 20.6. The summed E-state index contributed by atoms with van der Waals surface area (Å²) in [6.45, 7) is 11.4. The van der Waals surface area contributed by atoms with Crippen LogP contribution in [0.1, 0.15) is 217 Å². The van der Waals surface area contributed by atoms with Crippen molar-refractivity contribution in [1.82, 2.24) is 0 Å². The summed E-state index contributed by atoms with van der Waals surface area (Å²) in [5, 5.41) is 0. The van der Waals surface area contributed by atoms with Crippen LogP contribution in [-0.4, -0.2) is 4.70 Å². The van der Waals surface area contributed by atoms with Gasteiger partial charge in [0, 0.05) is 48.5 Å². The van der Waals surface area contributed by atoms with Gasteiger partial charge in [-0.1, -0.05) is 154 Å². The SMILES string of the molecule is CCCCC#CCC(CCCCCC)CCc1ccccc1C1=CC(CCCCCC)=C(c2ccccc2CCC(CC#CCCCC)CCCCCC)[N+]1=[N-]. The molecular weight excluding hydrogens is 677 g/mol. The van der Waals surface area contributed by atoms with Crippen molar-refractivity contribution >= 4 is 11.4 Å².